The summed E-state index contributed by atoms with van der Waals surface area (Å²) in [6, 6.07) is 3.14. The van der Waals surface area contributed by atoms with Crippen molar-refractivity contribution in [3.05, 3.63) is 45.6 Å². The van der Waals surface area contributed by atoms with Crippen molar-refractivity contribution in [2.24, 2.45) is 5.84 Å². The van der Waals surface area contributed by atoms with Crippen LogP contribution >= 0.6 is 11.3 Å². The minimum atomic E-state index is -0.557. The van der Waals surface area contributed by atoms with E-state index in [4.69, 9.17) is 10.4 Å². The Morgan fingerprint density at radius 3 is 3.20 bits per heavy atom. The molecule has 0 saturated heterocycles. The number of carbonyl (C=O) groups excluding carboxylic acids is 1. The van der Waals surface area contributed by atoms with Gasteiger partial charge >= 0.3 is 0 Å². The fraction of sp³-hybridized carbons (Fsp3) is 0.0909. The highest BCUT2D eigenvalue weighted by Gasteiger charge is 2.12. The number of fused-ring (bicyclic) bond motifs is 1. The van der Waals surface area contributed by atoms with E-state index in [0.29, 0.717) is 16.0 Å². The molecule has 0 bridgehead atoms. The summed E-state index contributed by atoms with van der Waals surface area (Å²) in [5.41, 5.74) is 1.84. The Morgan fingerprint density at radius 1 is 1.55 bits per heavy atom. The molecular formula is C11H9N5O3S. The van der Waals surface area contributed by atoms with E-state index in [1.165, 1.54) is 28.3 Å². The number of nitrogen functional groups attached to an aromatic ring is 1. The fourth-order valence-corrected chi connectivity index (χ4v) is 2.47. The summed E-state index contributed by atoms with van der Waals surface area (Å²) in [7, 11) is 0. The van der Waals surface area contributed by atoms with Gasteiger partial charge in [-0.15, -0.1) is 11.3 Å². The average Bonchev–Trinajstić information content (AvgIpc) is 3.10. The van der Waals surface area contributed by atoms with E-state index >= 15 is 0 Å². The second kappa shape index (κ2) is 4.87. The van der Waals surface area contributed by atoms with Gasteiger partial charge in [-0.25, -0.2) is 10.8 Å². The number of nitrogens with zero attached hydrogens (tertiary/aromatic N) is 3. The highest BCUT2D eigenvalue weighted by Crippen LogP contribution is 2.14. The third kappa shape index (κ3) is 2.08. The first-order chi connectivity index (χ1) is 9.69. The van der Waals surface area contributed by atoms with Crippen LogP contribution in [0.5, 0.6) is 0 Å². The van der Waals surface area contributed by atoms with E-state index in [9.17, 15) is 9.59 Å². The zero-order valence-corrected chi connectivity index (χ0v) is 10.9. The summed E-state index contributed by atoms with van der Waals surface area (Å²) in [5, 5.41) is 5.92. The van der Waals surface area contributed by atoms with Crippen LogP contribution in [0, 0.1) is 0 Å². The molecule has 0 spiro atoms. The van der Waals surface area contributed by atoms with Crippen LogP contribution in [-0.4, -0.2) is 20.6 Å². The number of hydrazine groups is 1. The van der Waals surface area contributed by atoms with Crippen LogP contribution in [0.3, 0.4) is 0 Å². The van der Waals surface area contributed by atoms with Gasteiger partial charge in [-0.1, -0.05) is 5.16 Å². The molecule has 0 aliphatic rings. The lowest BCUT2D eigenvalue weighted by Crippen LogP contribution is -2.30. The normalized spacial score (nSPS) is 10.8. The zero-order valence-electron chi connectivity index (χ0n) is 10.1. The molecule has 0 aliphatic carbocycles. The number of amides is 1. The third-order valence-corrected chi connectivity index (χ3v) is 3.52. The van der Waals surface area contributed by atoms with E-state index in [0.717, 1.165) is 0 Å². The largest absolute Gasteiger partial charge is 0.359 e. The molecule has 0 unspecified atom stereocenters. The molecule has 0 aliphatic heterocycles. The molecular weight excluding hydrogens is 282 g/mol. The van der Waals surface area contributed by atoms with Crippen LogP contribution in [0.2, 0.25) is 0 Å². The molecule has 3 heterocycles. The van der Waals surface area contributed by atoms with Crippen molar-refractivity contribution in [3.63, 3.8) is 0 Å². The number of hydrogen-bond acceptors (Lipinski definition) is 7. The molecule has 20 heavy (non-hydrogen) atoms. The smallest absolute Gasteiger partial charge is 0.287 e. The van der Waals surface area contributed by atoms with Gasteiger partial charge in [0.2, 0.25) is 0 Å². The van der Waals surface area contributed by atoms with E-state index in [1.54, 1.807) is 6.07 Å². The second-order valence-corrected chi connectivity index (χ2v) is 4.86. The summed E-state index contributed by atoms with van der Waals surface area (Å²) in [5.74, 6) is 4.80. The van der Waals surface area contributed by atoms with Crippen molar-refractivity contribution in [1.82, 2.24) is 20.1 Å². The zero-order chi connectivity index (χ0) is 14.1. The molecule has 3 aromatic rings. The van der Waals surface area contributed by atoms with Crippen molar-refractivity contribution in [2.45, 2.75) is 6.54 Å². The molecule has 102 valence electrons. The van der Waals surface area contributed by atoms with Gasteiger partial charge in [0, 0.05) is 6.07 Å². The lowest BCUT2D eigenvalue weighted by molar-refractivity contribution is 0.0944. The Hall–Kier alpha value is -2.52. The van der Waals surface area contributed by atoms with Crippen LogP contribution in [0.4, 0.5) is 0 Å². The predicted molar refractivity (Wildman–Crippen MR) is 71.1 cm³/mol. The lowest BCUT2D eigenvalue weighted by atomic mass is 10.3. The number of nitrogens with two attached hydrogens (primary N) is 1. The Bertz CT molecular complexity index is 834. The van der Waals surface area contributed by atoms with E-state index in [-0.39, 0.29) is 17.8 Å². The van der Waals surface area contributed by atoms with Crippen molar-refractivity contribution in [3.8, 4) is 0 Å². The number of hydrogen-bond donors (Lipinski definition) is 2. The van der Waals surface area contributed by atoms with Crippen LogP contribution in [-0.2, 0) is 6.54 Å². The fourth-order valence-electron chi connectivity index (χ4n) is 1.74. The van der Waals surface area contributed by atoms with Gasteiger partial charge in [0.25, 0.3) is 11.5 Å². The van der Waals surface area contributed by atoms with Crippen LogP contribution in [0.25, 0.3) is 10.2 Å². The molecule has 3 rings (SSSR count). The maximum Gasteiger partial charge on any atom is 0.287 e. The van der Waals surface area contributed by atoms with Crippen LogP contribution in [0.1, 0.15) is 16.2 Å². The standard InChI is InChI=1S/C11H9N5O3S/c12-14-9(17)8-3-6(19-15-8)4-16-5-13-10-7(11(16)18)1-2-20-10/h1-3,5H,4,12H2,(H,14,17). The second-order valence-electron chi connectivity index (χ2n) is 3.97. The van der Waals surface area contributed by atoms with Crippen LogP contribution in [0.15, 0.2) is 33.2 Å². The van der Waals surface area contributed by atoms with Crippen molar-refractivity contribution in [2.75, 3.05) is 0 Å². The minimum Gasteiger partial charge on any atom is -0.359 e. The molecule has 0 radical (unpaired) electrons. The summed E-state index contributed by atoms with van der Waals surface area (Å²) in [4.78, 5) is 28.3. The SMILES string of the molecule is NNC(=O)c1cc(Cn2cnc3sccc3c2=O)on1. The number of rotatable bonds is 3. The summed E-state index contributed by atoms with van der Waals surface area (Å²) in [6.45, 7) is 0.141. The Balaban J connectivity index is 1.93. The van der Waals surface area contributed by atoms with Crippen molar-refractivity contribution in [1.29, 1.82) is 0 Å². The molecule has 9 heteroatoms. The third-order valence-electron chi connectivity index (χ3n) is 2.70. The highest BCUT2D eigenvalue weighted by atomic mass is 32.1. The molecule has 0 saturated carbocycles. The van der Waals surface area contributed by atoms with E-state index in [2.05, 4.69) is 10.1 Å². The molecule has 1 amide bonds. The van der Waals surface area contributed by atoms with Gasteiger partial charge in [-0.2, -0.15) is 0 Å². The Morgan fingerprint density at radius 2 is 2.40 bits per heavy atom. The first-order valence-electron chi connectivity index (χ1n) is 5.58. The molecule has 0 atom stereocenters. The van der Waals surface area contributed by atoms with Gasteiger partial charge in [0.1, 0.15) is 4.83 Å². The number of aromatic nitrogens is 3. The van der Waals surface area contributed by atoms with Gasteiger partial charge in [-0.3, -0.25) is 19.6 Å². The topological polar surface area (TPSA) is 116 Å². The maximum absolute atomic E-state index is 12.2. The quantitative estimate of drug-likeness (QED) is 0.401. The van der Waals surface area contributed by atoms with E-state index < -0.39 is 5.91 Å². The van der Waals surface area contributed by atoms with Gasteiger partial charge in [0.05, 0.1) is 18.3 Å². The Labute approximate surface area is 115 Å². The van der Waals surface area contributed by atoms with Gasteiger partial charge in [-0.05, 0) is 11.4 Å². The number of nitrogens with one attached hydrogen (secondary N) is 1. The molecule has 0 aromatic carbocycles. The first-order valence-corrected chi connectivity index (χ1v) is 6.46. The molecule has 3 N–H and O–H groups in total. The highest BCUT2D eigenvalue weighted by molar-refractivity contribution is 7.16. The molecule has 8 nitrogen and oxygen atoms in total. The number of carbonyl (C=O) groups is 1. The summed E-state index contributed by atoms with van der Waals surface area (Å²) >= 11 is 1.40. The lowest BCUT2D eigenvalue weighted by Gasteiger charge is -2.01. The summed E-state index contributed by atoms with van der Waals surface area (Å²) < 4.78 is 6.38. The van der Waals surface area contributed by atoms with Crippen molar-refractivity contribution >= 4 is 27.5 Å². The monoisotopic (exact) mass is 291 g/mol. The maximum atomic E-state index is 12.2. The van der Waals surface area contributed by atoms with Gasteiger partial charge < -0.3 is 4.52 Å². The Kier molecular flexibility index (Phi) is 3.05. The average molecular weight is 291 g/mol. The van der Waals surface area contributed by atoms with Crippen molar-refractivity contribution < 1.29 is 9.32 Å². The van der Waals surface area contributed by atoms with Crippen LogP contribution < -0.4 is 16.8 Å². The molecule has 3 aromatic heterocycles. The van der Waals surface area contributed by atoms with E-state index in [1.807, 2.05) is 10.8 Å². The summed E-state index contributed by atoms with van der Waals surface area (Å²) in [6.07, 6.45) is 1.44. The first kappa shape index (κ1) is 12.5. The predicted octanol–water partition coefficient (Wildman–Crippen LogP) is 0.0978. The van der Waals surface area contributed by atoms with Gasteiger partial charge in [0.15, 0.2) is 11.5 Å². The minimum absolute atomic E-state index is 0.0557. The number of thiophene rings is 1. The molecule has 0 fully saturated rings.